The standard InChI is InChI=1S/C23H34N6O3.HI/c1-2-24-23(26-13-9-21-27-22(32-28-21)20-8-3-5-12-25-20)29-14-10-18(11-15-29)31-17-19-7-4-6-16-30-19;/h3,5,8,12,18-19H,2,4,6-7,9-11,13-17H2,1H3,(H,24,26);1H. The van der Waals surface area contributed by atoms with Gasteiger partial charge in [0.25, 0.3) is 5.89 Å². The van der Waals surface area contributed by atoms with E-state index in [0.717, 1.165) is 58.1 Å². The van der Waals surface area contributed by atoms with E-state index in [1.807, 2.05) is 18.2 Å². The minimum absolute atomic E-state index is 0. The third-order valence-electron chi connectivity index (χ3n) is 5.82. The molecule has 0 radical (unpaired) electrons. The van der Waals surface area contributed by atoms with Gasteiger partial charge in [0.1, 0.15) is 5.69 Å². The number of piperidine rings is 1. The van der Waals surface area contributed by atoms with E-state index in [2.05, 4.69) is 32.3 Å². The van der Waals surface area contributed by atoms with Gasteiger partial charge >= 0.3 is 0 Å². The molecule has 0 aromatic carbocycles. The molecule has 4 rings (SSSR count). The maximum Gasteiger partial charge on any atom is 0.276 e. The molecule has 0 spiro atoms. The van der Waals surface area contributed by atoms with E-state index in [4.69, 9.17) is 19.0 Å². The Labute approximate surface area is 212 Å². The van der Waals surface area contributed by atoms with Crippen molar-refractivity contribution >= 4 is 29.9 Å². The fraction of sp³-hybridized carbons (Fsp3) is 0.652. The normalized spacial score (nSPS) is 19.8. The summed E-state index contributed by atoms with van der Waals surface area (Å²) < 4.78 is 17.3. The molecule has 10 heteroatoms. The summed E-state index contributed by atoms with van der Waals surface area (Å²) in [5.74, 6) is 2.02. The van der Waals surface area contributed by atoms with Gasteiger partial charge in [-0.2, -0.15) is 4.98 Å². The molecule has 0 bridgehead atoms. The molecule has 2 aliphatic rings. The maximum absolute atomic E-state index is 6.14. The van der Waals surface area contributed by atoms with Crippen molar-refractivity contribution < 1.29 is 14.0 Å². The zero-order valence-corrected chi connectivity index (χ0v) is 21.6. The van der Waals surface area contributed by atoms with Gasteiger partial charge < -0.3 is 24.2 Å². The van der Waals surface area contributed by atoms with Crippen molar-refractivity contribution in [1.29, 1.82) is 0 Å². The summed E-state index contributed by atoms with van der Waals surface area (Å²) in [7, 11) is 0. The lowest BCUT2D eigenvalue weighted by molar-refractivity contribution is -0.0721. The molecule has 4 heterocycles. The highest BCUT2D eigenvalue weighted by Crippen LogP contribution is 2.18. The molecule has 0 amide bonds. The molecule has 2 aromatic heterocycles. The highest BCUT2D eigenvalue weighted by atomic mass is 127. The van der Waals surface area contributed by atoms with Crippen LogP contribution >= 0.6 is 24.0 Å². The van der Waals surface area contributed by atoms with Crippen LogP contribution in [0.25, 0.3) is 11.6 Å². The number of hydrogen-bond acceptors (Lipinski definition) is 7. The van der Waals surface area contributed by atoms with Gasteiger partial charge in [0.05, 0.1) is 18.8 Å². The van der Waals surface area contributed by atoms with Crippen molar-refractivity contribution in [1.82, 2.24) is 25.3 Å². The molecule has 2 aromatic rings. The average Bonchev–Trinajstić information content (AvgIpc) is 3.33. The Bertz CT molecular complexity index is 836. The van der Waals surface area contributed by atoms with Crippen LogP contribution in [0.4, 0.5) is 0 Å². The fourth-order valence-corrected chi connectivity index (χ4v) is 4.05. The van der Waals surface area contributed by atoms with Gasteiger partial charge in [-0.05, 0) is 51.2 Å². The van der Waals surface area contributed by atoms with Crippen molar-refractivity contribution in [3.8, 4) is 11.6 Å². The number of hydrogen-bond donors (Lipinski definition) is 1. The highest BCUT2D eigenvalue weighted by Gasteiger charge is 2.23. The Morgan fingerprint density at radius 2 is 2.12 bits per heavy atom. The largest absolute Gasteiger partial charge is 0.376 e. The first-order valence-electron chi connectivity index (χ1n) is 11.8. The minimum Gasteiger partial charge on any atom is -0.376 e. The van der Waals surface area contributed by atoms with Gasteiger partial charge in [0.15, 0.2) is 11.8 Å². The molecule has 33 heavy (non-hydrogen) atoms. The van der Waals surface area contributed by atoms with Crippen LogP contribution in [0.5, 0.6) is 0 Å². The van der Waals surface area contributed by atoms with E-state index in [0.29, 0.717) is 36.5 Å². The monoisotopic (exact) mass is 570 g/mol. The Hall–Kier alpha value is -1.79. The Morgan fingerprint density at radius 1 is 1.24 bits per heavy atom. The second-order valence-corrected chi connectivity index (χ2v) is 8.22. The average molecular weight is 570 g/mol. The maximum atomic E-state index is 6.14. The SMILES string of the molecule is CCNC(=NCCc1noc(-c2ccccn2)n1)N1CCC(OCC2CCCCO2)CC1.I. The number of aromatic nitrogens is 3. The van der Waals surface area contributed by atoms with Crippen LogP contribution < -0.4 is 5.32 Å². The van der Waals surface area contributed by atoms with E-state index in [1.54, 1.807) is 6.20 Å². The fourth-order valence-electron chi connectivity index (χ4n) is 4.05. The molecule has 1 unspecified atom stereocenters. The van der Waals surface area contributed by atoms with E-state index in [1.165, 1.54) is 12.8 Å². The zero-order chi connectivity index (χ0) is 22.0. The molecule has 2 aliphatic heterocycles. The first-order chi connectivity index (χ1) is 15.8. The smallest absolute Gasteiger partial charge is 0.276 e. The first kappa shape index (κ1) is 25.8. The number of likely N-dealkylation sites (tertiary alicyclic amines) is 1. The van der Waals surface area contributed by atoms with Crippen molar-refractivity contribution in [3.63, 3.8) is 0 Å². The molecular weight excluding hydrogens is 535 g/mol. The lowest BCUT2D eigenvalue weighted by atomic mass is 10.1. The van der Waals surface area contributed by atoms with E-state index in [9.17, 15) is 0 Å². The summed E-state index contributed by atoms with van der Waals surface area (Å²) in [6.07, 6.45) is 8.50. The molecule has 9 nitrogen and oxygen atoms in total. The number of nitrogens with zero attached hydrogens (tertiary/aromatic N) is 5. The van der Waals surface area contributed by atoms with Crippen molar-refractivity contribution in [2.45, 2.75) is 57.7 Å². The number of pyridine rings is 1. The van der Waals surface area contributed by atoms with Gasteiger partial charge in [-0.25, -0.2) is 0 Å². The molecule has 1 atom stereocenters. The molecule has 2 fully saturated rings. The van der Waals surface area contributed by atoms with Crippen LogP contribution in [-0.2, 0) is 15.9 Å². The first-order valence-corrected chi connectivity index (χ1v) is 11.8. The topological polar surface area (TPSA) is 97.9 Å². The molecule has 0 aliphatic carbocycles. The molecule has 2 saturated heterocycles. The van der Waals surface area contributed by atoms with E-state index >= 15 is 0 Å². The van der Waals surface area contributed by atoms with E-state index < -0.39 is 0 Å². The Morgan fingerprint density at radius 3 is 2.85 bits per heavy atom. The summed E-state index contributed by atoms with van der Waals surface area (Å²) in [6.45, 7) is 7.00. The van der Waals surface area contributed by atoms with Gasteiger partial charge in [0, 0.05) is 45.4 Å². The third-order valence-corrected chi connectivity index (χ3v) is 5.82. The summed E-state index contributed by atoms with van der Waals surface area (Å²) in [5.41, 5.74) is 0.684. The lowest BCUT2D eigenvalue weighted by Gasteiger charge is -2.35. The van der Waals surface area contributed by atoms with Crippen molar-refractivity contribution in [2.75, 3.05) is 39.4 Å². The number of halogens is 1. The molecule has 182 valence electrons. The summed E-state index contributed by atoms with van der Waals surface area (Å²) in [4.78, 5) is 15.8. The zero-order valence-electron chi connectivity index (χ0n) is 19.3. The lowest BCUT2D eigenvalue weighted by Crippen LogP contribution is -2.47. The van der Waals surface area contributed by atoms with Crippen LogP contribution in [0, 0.1) is 0 Å². The number of guanidine groups is 1. The van der Waals surface area contributed by atoms with Gasteiger partial charge in [-0.3, -0.25) is 9.98 Å². The predicted octanol–water partition coefficient (Wildman–Crippen LogP) is 3.31. The number of aliphatic imine (C=N–C) groups is 1. The number of nitrogens with one attached hydrogen (secondary N) is 1. The van der Waals surface area contributed by atoms with E-state index in [-0.39, 0.29) is 30.1 Å². The molecular formula is C23H35IN6O3. The second kappa shape index (κ2) is 13.8. The molecule has 0 saturated carbocycles. The van der Waals surface area contributed by atoms with Crippen LogP contribution in [0.2, 0.25) is 0 Å². The number of ether oxygens (including phenoxy) is 2. The van der Waals surface area contributed by atoms with Gasteiger partial charge in [0.2, 0.25) is 0 Å². The highest BCUT2D eigenvalue weighted by molar-refractivity contribution is 14.0. The predicted molar refractivity (Wildman–Crippen MR) is 137 cm³/mol. The third kappa shape index (κ3) is 7.89. The van der Waals surface area contributed by atoms with Crippen molar-refractivity contribution in [3.05, 3.63) is 30.2 Å². The summed E-state index contributed by atoms with van der Waals surface area (Å²) in [5, 5.41) is 7.47. The quantitative estimate of drug-likeness (QED) is 0.294. The Balaban J connectivity index is 0.00000306. The second-order valence-electron chi connectivity index (χ2n) is 8.22. The summed E-state index contributed by atoms with van der Waals surface area (Å²) in [6, 6.07) is 5.61. The van der Waals surface area contributed by atoms with Crippen LogP contribution in [-0.4, -0.2) is 77.6 Å². The van der Waals surface area contributed by atoms with Gasteiger partial charge in [-0.1, -0.05) is 11.2 Å². The van der Waals surface area contributed by atoms with Crippen LogP contribution in [0.3, 0.4) is 0 Å². The van der Waals surface area contributed by atoms with Crippen LogP contribution in [0.1, 0.15) is 44.9 Å². The van der Waals surface area contributed by atoms with Crippen molar-refractivity contribution in [2.24, 2.45) is 4.99 Å². The van der Waals surface area contributed by atoms with Crippen LogP contribution in [0.15, 0.2) is 33.9 Å². The van der Waals surface area contributed by atoms with Gasteiger partial charge in [-0.15, -0.1) is 24.0 Å². The molecule has 1 N–H and O–H groups in total. The Kier molecular flexibility index (Phi) is 10.8. The number of rotatable bonds is 8. The minimum atomic E-state index is 0. The summed E-state index contributed by atoms with van der Waals surface area (Å²) >= 11 is 0.